The highest BCUT2D eigenvalue weighted by atomic mass is 16.2. The van der Waals surface area contributed by atoms with Crippen LogP contribution in [0.1, 0.15) is 25.3 Å². The number of benzene rings is 1. The van der Waals surface area contributed by atoms with Crippen LogP contribution in [0.2, 0.25) is 0 Å². The summed E-state index contributed by atoms with van der Waals surface area (Å²) in [6.07, 6.45) is 4.31. The van der Waals surface area contributed by atoms with Gasteiger partial charge in [-0.15, -0.1) is 0 Å². The lowest BCUT2D eigenvalue weighted by molar-refractivity contribution is -0.122. The Morgan fingerprint density at radius 3 is 2.55 bits per heavy atom. The number of urea groups is 1. The molecule has 114 valence electrons. The van der Waals surface area contributed by atoms with Gasteiger partial charge in [0.2, 0.25) is 0 Å². The third-order valence-electron chi connectivity index (χ3n) is 5.32. The molecule has 3 aliphatic rings. The number of imide groups is 1. The molecule has 4 rings (SSSR count). The quantitative estimate of drug-likeness (QED) is 0.590. The lowest BCUT2D eigenvalue weighted by Crippen LogP contribution is -2.50. The molecule has 0 radical (unpaired) electrons. The van der Waals surface area contributed by atoms with Crippen molar-refractivity contribution >= 4 is 17.6 Å². The Hall–Kier alpha value is -2.10. The number of amides is 3. The second kappa shape index (κ2) is 4.70. The smallest absolute Gasteiger partial charge is 0.311 e. The maximum Gasteiger partial charge on any atom is 0.332 e. The molecule has 1 aromatic carbocycles. The molecular weight excluding hydrogens is 276 g/mol. The number of carbonyl (C=O) groups is 2. The maximum atomic E-state index is 12.9. The number of piperidine rings is 1. The van der Waals surface area contributed by atoms with Crippen molar-refractivity contribution in [2.75, 3.05) is 11.4 Å². The van der Waals surface area contributed by atoms with Gasteiger partial charge in [0.05, 0.1) is 5.69 Å². The number of anilines is 1. The molecule has 2 aliphatic heterocycles. The Morgan fingerprint density at radius 2 is 1.82 bits per heavy atom. The zero-order valence-corrected chi connectivity index (χ0v) is 13.0. The molecule has 0 unspecified atom stereocenters. The van der Waals surface area contributed by atoms with Crippen molar-refractivity contribution < 1.29 is 9.59 Å². The fourth-order valence-corrected chi connectivity index (χ4v) is 4.07. The average Bonchev–Trinajstić information content (AvgIpc) is 2.76. The fraction of sp³-hybridized carbons (Fsp3) is 0.444. The van der Waals surface area contributed by atoms with E-state index in [9.17, 15) is 9.59 Å². The summed E-state index contributed by atoms with van der Waals surface area (Å²) < 4.78 is 0. The SMILES string of the molecule is CC1=CC[C@@H]2C[C@H]1[C@@H]1C(=O)N(c3ccc(C)cc3)C(=O)N1C2. The number of hydrogen-bond acceptors (Lipinski definition) is 2. The van der Waals surface area contributed by atoms with E-state index < -0.39 is 0 Å². The largest absolute Gasteiger partial charge is 0.332 e. The first-order chi connectivity index (χ1) is 10.6. The molecule has 3 amide bonds. The van der Waals surface area contributed by atoms with Gasteiger partial charge in [-0.2, -0.15) is 0 Å². The van der Waals surface area contributed by atoms with Crippen LogP contribution in [0.4, 0.5) is 10.5 Å². The summed E-state index contributed by atoms with van der Waals surface area (Å²) in [4.78, 5) is 28.9. The van der Waals surface area contributed by atoms with Crippen LogP contribution in [-0.4, -0.2) is 29.4 Å². The summed E-state index contributed by atoms with van der Waals surface area (Å²) in [5.74, 6) is 0.631. The van der Waals surface area contributed by atoms with Gasteiger partial charge in [0.15, 0.2) is 0 Å². The fourth-order valence-electron chi connectivity index (χ4n) is 4.07. The number of hydrogen-bond donors (Lipinski definition) is 0. The number of aryl methyl sites for hydroxylation is 1. The van der Waals surface area contributed by atoms with Crippen molar-refractivity contribution in [3.8, 4) is 0 Å². The molecule has 1 aliphatic carbocycles. The molecule has 2 heterocycles. The molecule has 1 aromatic rings. The Morgan fingerprint density at radius 1 is 1.09 bits per heavy atom. The normalized spacial score (nSPS) is 30.5. The van der Waals surface area contributed by atoms with Crippen molar-refractivity contribution in [3.63, 3.8) is 0 Å². The predicted octanol–water partition coefficient (Wildman–Crippen LogP) is 3.12. The number of allylic oxidation sites excluding steroid dienone is 1. The number of carbonyl (C=O) groups excluding carboxylic acids is 2. The van der Waals surface area contributed by atoms with E-state index in [-0.39, 0.29) is 23.9 Å². The Balaban J connectivity index is 1.73. The Labute approximate surface area is 130 Å². The molecule has 4 heteroatoms. The van der Waals surface area contributed by atoms with E-state index in [1.807, 2.05) is 31.2 Å². The van der Waals surface area contributed by atoms with E-state index in [0.29, 0.717) is 18.2 Å². The molecule has 2 bridgehead atoms. The highest BCUT2D eigenvalue weighted by Gasteiger charge is 2.53. The Bertz CT molecular complexity index is 677. The summed E-state index contributed by atoms with van der Waals surface area (Å²) >= 11 is 0. The van der Waals surface area contributed by atoms with Gasteiger partial charge in [-0.05, 0) is 44.7 Å². The number of rotatable bonds is 1. The minimum absolute atomic E-state index is 0.0630. The van der Waals surface area contributed by atoms with Gasteiger partial charge in [0.1, 0.15) is 6.04 Å². The first-order valence-corrected chi connectivity index (χ1v) is 7.94. The van der Waals surface area contributed by atoms with Crippen LogP contribution < -0.4 is 4.90 Å². The van der Waals surface area contributed by atoms with Crippen molar-refractivity contribution in [3.05, 3.63) is 41.5 Å². The molecule has 2 saturated heterocycles. The van der Waals surface area contributed by atoms with Gasteiger partial charge in [-0.1, -0.05) is 29.3 Å². The lowest BCUT2D eigenvalue weighted by Gasteiger charge is -2.41. The minimum Gasteiger partial charge on any atom is -0.311 e. The third kappa shape index (κ3) is 1.83. The van der Waals surface area contributed by atoms with Gasteiger partial charge < -0.3 is 4.90 Å². The van der Waals surface area contributed by atoms with Gasteiger partial charge in [-0.3, -0.25) is 4.79 Å². The summed E-state index contributed by atoms with van der Waals surface area (Å²) in [7, 11) is 0. The molecule has 0 saturated carbocycles. The van der Waals surface area contributed by atoms with Gasteiger partial charge in [0, 0.05) is 12.5 Å². The van der Waals surface area contributed by atoms with Crippen LogP contribution in [-0.2, 0) is 4.79 Å². The molecular formula is C18H20N2O2. The molecule has 0 spiro atoms. The van der Waals surface area contributed by atoms with Crippen LogP contribution in [0.25, 0.3) is 0 Å². The molecule has 0 aromatic heterocycles. The zero-order chi connectivity index (χ0) is 15.4. The van der Waals surface area contributed by atoms with Crippen molar-refractivity contribution in [2.45, 2.75) is 32.7 Å². The highest BCUT2D eigenvalue weighted by molar-refractivity contribution is 6.21. The summed E-state index contributed by atoms with van der Waals surface area (Å²) in [5.41, 5.74) is 3.07. The average molecular weight is 296 g/mol. The highest BCUT2D eigenvalue weighted by Crippen LogP contribution is 2.42. The lowest BCUT2D eigenvalue weighted by atomic mass is 9.74. The molecule has 22 heavy (non-hydrogen) atoms. The van der Waals surface area contributed by atoms with Crippen LogP contribution in [0, 0.1) is 18.8 Å². The summed E-state index contributed by atoms with van der Waals surface area (Å²) in [6.45, 7) is 4.80. The molecule has 0 N–H and O–H groups in total. The van der Waals surface area contributed by atoms with Gasteiger partial charge in [-0.25, -0.2) is 9.69 Å². The maximum absolute atomic E-state index is 12.9. The second-order valence-corrected chi connectivity index (χ2v) is 6.78. The van der Waals surface area contributed by atoms with E-state index in [0.717, 1.165) is 18.4 Å². The van der Waals surface area contributed by atoms with Crippen molar-refractivity contribution in [1.82, 2.24) is 4.90 Å². The number of nitrogens with zero attached hydrogens (tertiary/aromatic N) is 2. The molecule has 2 fully saturated rings. The van der Waals surface area contributed by atoms with Crippen LogP contribution in [0.3, 0.4) is 0 Å². The molecule has 3 atom stereocenters. The van der Waals surface area contributed by atoms with Crippen molar-refractivity contribution in [2.24, 2.45) is 11.8 Å². The predicted molar refractivity (Wildman–Crippen MR) is 84.5 cm³/mol. The van der Waals surface area contributed by atoms with E-state index in [1.165, 1.54) is 10.5 Å². The second-order valence-electron chi connectivity index (χ2n) is 6.78. The standard InChI is InChI=1S/C18H20N2O2/c1-11-3-7-14(8-4-11)20-17(21)16-15-9-13(6-5-12(15)2)10-19(16)18(20)22/h3-5,7-8,13,15-16H,6,9-10H2,1-2H3/t13-,15-,16-/m1/s1. The zero-order valence-electron chi connectivity index (χ0n) is 13.0. The monoisotopic (exact) mass is 296 g/mol. The van der Waals surface area contributed by atoms with E-state index >= 15 is 0 Å². The van der Waals surface area contributed by atoms with E-state index in [1.54, 1.807) is 4.90 Å². The first kappa shape index (κ1) is 13.6. The third-order valence-corrected chi connectivity index (χ3v) is 5.32. The first-order valence-electron chi connectivity index (χ1n) is 7.94. The van der Waals surface area contributed by atoms with Gasteiger partial charge >= 0.3 is 6.03 Å². The van der Waals surface area contributed by atoms with E-state index in [2.05, 4.69) is 13.0 Å². The molecule has 4 nitrogen and oxygen atoms in total. The summed E-state index contributed by atoms with van der Waals surface area (Å²) in [6, 6.07) is 7.15. The topological polar surface area (TPSA) is 40.6 Å². The van der Waals surface area contributed by atoms with Crippen LogP contribution in [0.5, 0.6) is 0 Å². The van der Waals surface area contributed by atoms with Gasteiger partial charge in [0.25, 0.3) is 5.91 Å². The van der Waals surface area contributed by atoms with E-state index in [4.69, 9.17) is 0 Å². The Kier molecular flexibility index (Phi) is 2.90. The van der Waals surface area contributed by atoms with Crippen LogP contribution >= 0.6 is 0 Å². The van der Waals surface area contributed by atoms with Crippen molar-refractivity contribution in [1.29, 1.82) is 0 Å². The number of fused-ring (bicyclic) bond motifs is 4. The van der Waals surface area contributed by atoms with Crippen LogP contribution in [0.15, 0.2) is 35.9 Å². The summed E-state index contributed by atoms with van der Waals surface area (Å²) in [5, 5.41) is 0. The minimum atomic E-state index is -0.304.